The number of amides is 2. The van der Waals surface area contributed by atoms with Crippen molar-refractivity contribution >= 4 is 17.5 Å². The zero-order valence-electron chi connectivity index (χ0n) is 15.6. The number of aryl methyl sites for hydroxylation is 2. The largest absolute Gasteiger partial charge is 0.448 e. The third kappa shape index (κ3) is 4.72. The molecule has 1 N–H and O–H groups in total. The van der Waals surface area contributed by atoms with Gasteiger partial charge in [0.1, 0.15) is 11.6 Å². The standard InChI is InChI=1S/C20H24FN3O3/c1-13-10-16(21)6-7-17(13)23-18(25)8-5-15-4-3-9-24(11-15)20(26)19-14(2)27-12-22-19/h6-7,10,12,15H,3-5,8-9,11H2,1-2H3,(H,23,25)/t15-/m0/s1. The van der Waals surface area contributed by atoms with E-state index in [-0.39, 0.29) is 23.5 Å². The summed E-state index contributed by atoms with van der Waals surface area (Å²) < 4.78 is 18.3. The van der Waals surface area contributed by atoms with E-state index in [4.69, 9.17) is 4.42 Å². The van der Waals surface area contributed by atoms with Crippen molar-refractivity contribution < 1.29 is 18.4 Å². The Labute approximate surface area is 157 Å². The summed E-state index contributed by atoms with van der Waals surface area (Å²) in [5.74, 6) is 0.267. The highest BCUT2D eigenvalue weighted by Crippen LogP contribution is 2.23. The minimum absolute atomic E-state index is 0.0968. The summed E-state index contributed by atoms with van der Waals surface area (Å²) in [5.41, 5.74) is 1.68. The van der Waals surface area contributed by atoms with Crippen molar-refractivity contribution in [3.05, 3.63) is 47.4 Å². The van der Waals surface area contributed by atoms with Crippen LogP contribution < -0.4 is 5.32 Å². The van der Waals surface area contributed by atoms with E-state index in [2.05, 4.69) is 10.3 Å². The first-order valence-electron chi connectivity index (χ1n) is 9.19. The number of aromatic nitrogens is 1. The summed E-state index contributed by atoms with van der Waals surface area (Å²) in [4.78, 5) is 30.6. The van der Waals surface area contributed by atoms with Crippen LogP contribution in [0.15, 0.2) is 29.0 Å². The number of benzene rings is 1. The van der Waals surface area contributed by atoms with Crippen LogP contribution in [0, 0.1) is 25.6 Å². The molecule has 0 saturated carbocycles. The van der Waals surface area contributed by atoms with Crippen LogP contribution in [0.1, 0.15) is 47.5 Å². The van der Waals surface area contributed by atoms with Gasteiger partial charge in [-0.15, -0.1) is 0 Å². The Morgan fingerprint density at radius 1 is 1.37 bits per heavy atom. The molecule has 2 heterocycles. The number of nitrogens with one attached hydrogen (secondary N) is 1. The maximum Gasteiger partial charge on any atom is 0.276 e. The van der Waals surface area contributed by atoms with Gasteiger partial charge in [0.2, 0.25) is 5.91 Å². The third-order valence-corrected chi connectivity index (χ3v) is 5.00. The van der Waals surface area contributed by atoms with Crippen LogP contribution in [-0.4, -0.2) is 34.8 Å². The molecule has 3 rings (SSSR count). The van der Waals surface area contributed by atoms with Gasteiger partial charge in [-0.3, -0.25) is 9.59 Å². The number of hydrogen-bond acceptors (Lipinski definition) is 4. The lowest BCUT2D eigenvalue weighted by Crippen LogP contribution is -2.40. The average Bonchev–Trinajstić information content (AvgIpc) is 3.08. The zero-order valence-corrected chi connectivity index (χ0v) is 15.6. The topological polar surface area (TPSA) is 75.4 Å². The molecule has 1 saturated heterocycles. The van der Waals surface area contributed by atoms with Crippen LogP contribution in [-0.2, 0) is 4.79 Å². The van der Waals surface area contributed by atoms with Crippen LogP contribution in [0.3, 0.4) is 0 Å². The first kappa shape index (κ1) is 19.1. The van der Waals surface area contributed by atoms with Gasteiger partial charge in [0.05, 0.1) is 0 Å². The number of likely N-dealkylation sites (tertiary alicyclic amines) is 1. The van der Waals surface area contributed by atoms with Gasteiger partial charge in [0, 0.05) is 25.2 Å². The normalized spacial score (nSPS) is 17.0. The number of anilines is 1. The van der Waals surface area contributed by atoms with E-state index in [1.807, 2.05) is 0 Å². The quantitative estimate of drug-likeness (QED) is 0.867. The number of oxazole rings is 1. The molecule has 7 heteroatoms. The van der Waals surface area contributed by atoms with Crippen molar-refractivity contribution in [2.75, 3.05) is 18.4 Å². The lowest BCUT2D eigenvalue weighted by molar-refractivity contribution is -0.116. The average molecular weight is 373 g/mol. The highest BCUT2D eigenvalue weighted by atomic mass is 19.1. The van der Waals surface area contributed by atoms with Gasteiger partial charge in [-0.1, -0.05) is 0 Å². The number of piperidine rings is 1. The fourth-order valence-electron chi connectivity index (χ4n) is 3.46. The molecule has 0 unspecified atom stereocenters. The van der Waals surface area contributed by atoms with E-state index >= 15 is 0 Å². The Morgan fingerprint density at radius 3 is 2.89 bits per heavy atom. The molecule has 1 aromatic carbocycles. The zero-order chi connectivity index (χ0) is 19.4. The smallest absolute Gasteiger partial charge is 0.276 e. The van der Waals surface area contributed by atoms with Crippen molar-refractivity contribution in [3.63, 3.8) is 0 Å². The molecular formula is C20H24FN3O3. The van der Waals surface area contributed by atoms with E-state index in [1.165, 1.54) is 18.5 Å². The first-order valence-corrected chi connectivity index (χ1v) is 9.19. The molecule has 1 aliphatic rings. The molecule has 0 bridgehead atoms. The minimum atomic E-state index is -0.320. The van der Waals surface area contributed by atoms with Gasteiger partial charge >= 0.3 is 0 Å². The highest BCUT2D eigenvalue weighted by molar-refractivity contribution is 5.93. The predicted molar refractivity (Wildman–Crippen MR) is 98.9 cm³/mol. The van der Waals surface area contributed by atoms with E-state index in [0.29, 0.717) is 48.6 Å². The minimum Gasteiger partial charge on any atom is -0.448 e. The Bertz CT molecular complexity index is 834. The molecule has 1 atom stereocenters. The molecule has 144 valence electrons. The Kier molecular flexibility index (Phi) is 5.88. The molecule has 0 aliphatic carbocycles. The maximum absolute atomic E-state index is 13.1. The Hall–Kier alpha value is -2.70. The summed E-state index contributed by atoms with van der Waals surface area (Å²) in [6.07, 6.45) is 4.25. The SMILES string of the molecule is Cc1cc(F)ccc1NC(=O)CC[C@@H]1CCCN(C(=O)c2ncoc2C)C1. The van der Waals surface area contributed by atoms with Crippen molar-refractivity contribution in [2.24, 2.45) is 5.92 Å². The lowest BCUT2D eigenvalue weighted by atomic mass is 9.93. The Balaban J connectivity index is 1.51. The second kappa shape index (κ2) is 8.33. The van der Waals surface area contributed by atoms with Crippen LogP contribution in [0.2, 0.25) is 0 Å². The molecule has 27 heavy (non-hydrogen) atoms. The van der Waals surface area contributed by atoms with Crippen molar-refractivity contribution in [1.29, 1.82) is 0 Å². The number of nitrogens with zero attached hydrogens (tertiary/aromatic N) is 2. The van der Waals surface area contributed by atoms with Gasteiger partial charge in [-0.2, -0.15) is 0 Å². The molecule has 2 aromatic rings. The van der Waals surface area contributed by atoms with E-state index in [9.17, 15) is 14.0 Å². The number of hydrogen-bond donors (Lipinski definition) is 1. The molecular weight excluding hydrogens is 349 g/mol. The molecule has 1 aromatic heterocycles. The van der Waals surface area contributed by atoms with E-state index in [1.54, 1.807) is 24.8 Å². The molecule has 2 amide bonds. The molecule has 0 radical (unpaired) electrons. The van der Waals surface area contributed by atoms with Gasteiger partial charge in [-0.25, -0.2) is 9.37 Å². The van der Waals surface area contributed by atoms with Crippen LogP contribution in [0.4, 0.5) is 10.1 Å². The maximum atomic E-state index is 13.1. The monoisotopic (exact) mass is 373 g/mol. The number of carbonyl (C=O) groups is 2. The second-order valence-electron chi connectivity index (χ2n) is 7.06. The Morgan fingerprint density at radius 2 is 2.19 bits per heavy atom. The fraction of sp³-hybridized carbons (Fsp3) is 0.450. The predicted octanol–water partition coefficient (Wildman–Crippen LogP) is 3.70. The van der Waals surface area contributed by atoms with E-state index in [0.717, 1.165) is 12.8 Å². The summed E-state index contributed by atoms with van der Waals surface area (Å²) in [5, 5.41) is 2.83. The fourth-order valence-corrected chi connectivity index (χ4v) is 3.46. The molecule has 1 aliphatic heterocycles. The number of rotatable bonds is 5. The van der Waals surface area contributed by atoms with Crippen molar-refractivity contribution in [1.82, 2.24) is 9.88 Å². The second-order valence-corrected chi connectivity index (χ2v) is 7.06. The van der Waals surface area contributed by atoms with Crippen LogP contribution >= 0.6 is 0 Å². The number of halogens is 1. The van der Waals surface area contributed by atoms with Crippen molar-refractivity contribution in [2.45, 2.75) is 39.5 Å². The highest BCUT2D eigenvalue weighted by Gasteiger charge is 2.27. The van der Waals surface area contributed by atoms with Crippen LogP contribution in [0.5, 0.6) is 0 Å². The molecule has 1 fully saturated rings. The third-order valence-electron chi connectivity index (χ3n) is 5.00. The van der Waals surface area contributed by atoms with E-state index < -0.39 is 0 Å². The summed E-state index contributed by atoms with van der Waals surface area (Å²) >= 11 is 0. The van der Waals surface area contributed by atoms with Gasteiger partial charge in [0.15, 0.2) is 12.1 Å². The van der Waals surface area contributed by atoms with Gasteiger partial charge < -0.3 is 14.6 Å². The summed E-state index contributed by atoms with van der Waals surface area (Å²) in [6.45, 7) is 4.80. The summed E-state index contributed by atoms with van der Waals surface area (Å²) in [6, 6.07) is 4.30. The van der Waals surface area contributed by atoms with Gasteiger partial charge in [0.25, 0.3) is 5.91 Å². The van der Waals surface area contributed by atoms with Crippen molar-refractivity contribution in [3.8, 4) is 0 Å². The molecule has 6 nitrogen and oxygen atoms in total. The number of carbonyl (C=O) groups excluding carboxylic acids is 2. The van der Waals surface area contributed by atoms with Crippen LogP contribution in [0.25, 0.3) is 0 Å². The van der Waals surface area contributed by atoms with Gasteiger partial charge in [-0.05, 0) is 62.8 Å². The molecule has 0 spiro atoms. The summed E-state index contributed by atoms with van der Waals surface area (Å²) in [7, 11) is 0. The first-order chi connectivity index (χ1) is 12.9. The lowest BCUT2D eigenvalue weighted by Gasteiger charge is -2.32.